The topological polar surface area (TPSA) is 38.1 Å². The second kappa shape index (κ2) is 5.31. The van der Waals surface area contributed by atoms with Gasteiger partial charge in [0.05, 0.1) is 11.8 Å². The average molecular weight is 283 g/mol. The van der Waals surface area contributed by atoms with Crippen LogP contribution in [0.15, 0.2) is 18.2 Å². The van der Waals surface area contributed by atoms with Gasteiger partial charge in [0.15, 0.2) is 0 Å². The smallest absolute Gasteiger partial charge is 0.130 e. The van der Waals surface area contributed by atoms with E-state index in [4.69, 9.17) is 11.6 Å². The van der Waals surface area contributed by atoms with Crippen LogP contribution >= 0.6 is 11.6 Å². The fourth-order valence-corrected chi connectivity index (χ4v) is 2.43. The van der Waals surface area contributed by atoms with E-state index in [0.29, 0.717) is 17.1 Å². The van der Waals surface area contributed by atoms with Crippen molar-refractivity contribution in [3.05, 3.63) is 51.6 Å². The number of rotatable bonds is 3. The predicted molar refractivity (Wildman–Crippen MR) is 72.8 cm³/mol. The number of hydrogen-bond donors (Lipinski definition) is 1. The van der Waals surface area contributed by atoms with Crippen molar-refractivity contribution in [2.75, 3.05) is 0 Å². The molecule has 0 fully saturated rings. The van der Waals surface area contributed by atoms with E-state index in [-0.39, 0.29) is 5.82 Å². The molecule has 3 nitrogen and oxygen atoms in total. The lowest BCUT2D eigenvalue weighted by Gasteiger charge is -2.14. The third kappa shape index (κ3) is 2.80. The first-order valence-corrected chi connectivity index (χ1v) is 6.40. The standard InChI is InChI=1S/C14H16ClFN2O/c1-8-4-5-10(16)6-11(8)13(19)7-12-9(2)17-18(3)14(12)15/h4-6,13,19H,7H2,1-3H3. The van der Waals surface area contributed by atoms with E-state index in [2.05, 4.69) is 5.10 Å². The van der Waals surface area contributed by atoms with Gasteiger partial charge in [0.1, 0.15) is 11.0 Å². The van der Waals surface area contributed by atoms with Gasteiger partial charge in [-0.15, -0.1) is 0 Å². The predicted octanol–water partition coefficient (Wildman–Crippen LogP) is 3.11. The zero-order valence-corrected chi connectivity index (χ0v) is 11.9. The second-order valence-electron chi connectivity index (χ2n) is 4.70. The molecule has 1 unspecified atom stereocenters. The third-order valence-corrected chi connectivity index (χ3v) is 3.74. The third-order valence-electron chi connectivity index (χ3n) is 3.27. The Bertz CT molecular complexity index is 610. The van der Waals surface area contributed by atoms with E-state index < -0.39 is 6.10 Å². The summed E-state index contributed by atoms with van der Waals surface area (Å²) in [4.78, 5) is 0. The highest BCUT2D eigenvalue weighted by Crippen LogP contribution is 2.27. The largest absolute Gasteiger partial charge is 0.388 e. The minimum Gasteiger partial charge on any atom is -0.388 e. The Morgan fingerprint density at radius 2 is 2.11 bits per heavy atom. The molecule has 0 saturated carbocycles. The van der Waals surface area contributed by atoms with Crippen molar-refractivity contribution in [3.8, 4) is 0 Å². The summed E-state index contributed by atoms with van der Waals surface area (Å²) in [6, 6.07) is 4.40. The molecule has 5 heteroatoms. The molecule has 2 rings (SSSR count). The highest BCUT2D eigenvalue weighted by molar-refractivity contribution is 6.30. The van der Waals surface area contributed by atoms with Gasteiger partial charge in [-0.05, 0) is 37.1 Å². The quantitative estimate of drug-likeness (QED) is 0.939. The van der Waals surface area contributed by atoms with Crippen LogP contribution < -0.4 is 0 Å². The average Bonchev–Trinajstić information content (AvgIpc) is 2.59. The maximum Gasteiger partial charge on any atom is 0.130 e. The lowest BCUT2D eigenvalue weighted by molar-refractivity contribution is 0.177. The summed E-state index contributed by atoms with van der Waals surface area (Å²) in [6.07, 6.45) is -0.473. The minimum atomic E-state index is -0.795. The van der Waals surface area contributed by atoms with Gasteiger partial charge in [0, 0.05) is 19.0 Å². The SMILES string of the molecule is Cc1ccc(F)cc1C(O)Cc1c(C)nn(C)c1Cl. The van der Waals surface area contributed by atoms with Gasteiger partial charge in [0.25, 0.3) is 0 Å². The Balaban J connectivity index is 2.30. The molecule has 0 bridgehead atoms. The summed E-state index contributed by atoms with van der Waals surface area (Å²) in [5.41, 5.74) is 3.01. The normalized spacial score (nSPS) is 12.7. The molecule has 0 spiro atoms. The molecule has 2 aromatic rings. The van der Waals surface area contributed by atoms with Gasteiger partial charge < -0.3 is 5.11 Å². The number of aliphatic hydroxyl groups is 1. The number of aromatic nitrogens is 2. The number of benzene rings is 1. The van der Waals surface area contributed by atoms with Gasteiger partial charge in [-0.25, -0.2) is 4.39 Å². The fraction of sp³-hybridized carbons (Fsp3) is 0.357. The highest BCUT2D eigenvalue weighted by Gasteiger charge is 2.18. The van der Waals surface area contributed by atoms with Gasteiger partial charge in [-0.1, -0.05) is 17.7 Å². The Hall–Kier alpha value is -1.39. The van der Waals surface area contributed by atoms with E-state index in [1.54, 1.807) is 17.8 Å². The first-order chi connectivity index (χ1) is 8.90. The van der Waals surface area contributed by atoms with Crippen LogP contribution in [-0.2, 0) is 13.5 Å². The summed E-state index contributed by atoms with van der Waals surface area (Å²) >= 11 is 6.13. The van der Waals surface area contributed by atoms with Crippen LogP contribution in [0, 0.1) is 19.7 Å². The lowest BCUT2D eigenvalue weighted by atomic mass is 9.98. The van der Waals surface area contributed by atoms with Crippen LogP contribution in [0.1, 0.15) is 28.5 Å². The molecule has 0 aliphatic heterocycles. The molecule has 1 aromatic carbocycles. The molecule has 0 radical (unpaired) electrons. The lowest BCUT2D eigenvalue weighted by Crippen LogP contribution is -2.05. The number of halogens is 2. The molecule has 0 saturated heterocycles. The Labute approximate surface area is 116 Å². The molecule has 0 aliphatic rings. The van der Waals surface area contributed by atoms with Gasteiger partial charge >= 0.3 is 0 Å². The van der Waals surface area contributed by atoms with Crippen molar-refractivity contribution in [2.24, 2.45) is 7.05 Å². The molecule has 0 aliphatic carbocycles. The van der Waals surface area contributed by atoms with Crippen molar-refractivity contribution in [1.82, 2.24) is 9.78 Å². The molecule has 0 amide bonds. The molecule has 102 valence electrons. The summed E-state index contributed by atoms with van der Waals surface area (Å²) in [7, 11) is 1.75. The summed E-state index contributed by atoms with van der Waals surface area (Å²) < 4.78 is 14.8. The fourth-order valence-electron chi connectivity index (χ4n) is 2.18. The van der Waals surface area contributed by atoms with Crippen molar-refractivity contribution >= 4 is 11.6 Å². The molecule has 19 heavy (non-hydrogen) atoms. The highest BCUT2D eigenvalue weighted by atomic mass is 35.5. The zero-order chi connectivity index (χ0) is 14.2. The van der Waals surface area contributed by atoms with Gasteiger partial charge in [0.2, 0.25) is 0 Å². The number of hydrogen-bond acceptors (Lipinski definition) is 2. The first-order valence-electron chi connectivity index (χ1n) is 6.02. The zero-order valence-electron chi connectivity index (χ0n) is 11.1. The van der Waals surface area contributed by atoms with Crippen molar-refractivity contribution in [2.45, 2.75) is 26.4 Å². The first kappa shape index (κ1) is 14.0. The second-order valence-corrected chi connectivity index (χ2v) is 5.06. The maximum absolute atomic E-state index is 13.3. The molecular formula is C14H16ClFN2O. The number of nitrogens with zero attached hydrogens (tertiary/aromatic N) is 2. The van der Waals surface area contributed by atoms with E-state index in [9.17, 15) is 9.50 Å². The van der Waals surface area contributed by atoms with Crippen LogP contribution in [-0.4, -0.2) is 14.9 Å². The number of aryl methyl sites for hydroxylation is 3. The monoisotopic (exact) mass is 282 g/mol. The molecule has 1 N–H and O–H groups in total. The maximum atomic E-state index is 13.3. The minimum absolute atomic E-state index is 0.322. The van der Waals surface area contributed by atoms with Crippen LogP contribution in [0.4, 0.5) is 4.39 Å². The van der Waals surface area contributed by atoms with Crippen molar-refractivity contribution in [1.29, 1.82) is 0 Å². The van der Waals surface area contributed by atoms with E-state index in [1.807, 2.05) is 13.8 Å². The Morgan fingerprint density at radius 1 is 1.42 bits per heavy atom. The van der Waals surface area contributed by atoms with Crippen LogP contribution in [0.2, 0.25) is 5.15 Å². The van der Waals surface area contributed by atoms with Crippen molar-refractivity contribution < 1.29 is 9.50 Å². The molecular weight excluding hydrogens is 267 g/mol. The summed E-state index contributed by atoms with van der Waals surface area (Å²) in [5, 5.41) is 15.0. The Morgan fingerprint density at radius 3 is 2.68 bits per heavy atom. The van der Waals surface area contributed by atoms with E-state index in [1.165, 1.54) is 12.1 Å². The molecule has 1 aromatic heterocycles. The summed E-state index contributed by atoms with van der Waals surface area (Å²) in [5.74, 6) is -0.353. The Kier molecular flexibility index (Phi) is 3.92. The summed E-state index contributed by atoms with van der Waals surface area (Å²) in [6.45, 7) is 3.68. The van der Waals surface area contributed by atoms with Crippen LogP contribution in [0.3, 0.4) is 0 Å². The molecule has 1 atom stereocenters. The van der Waals surface area contributed by atoms with Crippen LogP contribution in [0.25, 0.3) is 0 Å². The van der Waals surface area contributed by atoms with E-state index in [0.717, 1.165) is 16.8 Å². The van der Waals surface area contributed by atoms with Gasteiger partial charge in [-0.2, -0.15) is 5.10 Å². The van der Waals surface area contributed by atoms with E-state index >= 15 is 0 Å². The molecule has 1 heterocycles. The van der Waals surface area contributed by atoms with Crippen LogP contribution in [0.5, 0.6) is 0 Å². The number of aliphatic hydroxyl groups excluding tert-OH is 1. The van der Waals surface area contributed by atoms with Crippen molar-refractivity contribution in [3.63, 3.8) is 0 Å². The van der Waals surface area contributed by atoms with Gasteiger partial charge in [-0.3, -0.25) is 4.68 Å².